The summed E-state index contributed by atoms with van der Waals surface area (Å²) in [6, 6.07) is 17.9. The van der Waals surface area contributed by atoms with Crippen molar-refractivity contribution >= 4 is 45.9 Å². The van der Waals surface area contributed by atoms with Crippen molar-refractivity contribution in [3.8, 4) is 11.5 Å². The Morgan fingerprint density at radius 1 is 1.00 bits per heavy atom. The zero-order chi connectivity index (χ0) is 19.0. The first kappa shape index (κ1) is 17.6. The number of benzene rings is 3. The van der Waals surface area contributed by atoms with Gasteiger partial charge in [-0.15, -0.1) is 0 Å². The summed E-state index contributed by atoms with van der Waals surface area (Å²) < 4.78 is 5.90. The van der Waals surface area contributed by atoms with E-state index in [1.54, 1.807) is 18.2 Å². The summed E-state index contributed by atoms with van der Waals surface area (Å²) in [5.41, 5.74) is 4.24. The normalized spacial score (nSPS) is 10.9. The minimum atomic E-state index is -0.298. The summed E-state index contributed by atoms with van der Waals surface area (Å²) in [6.07, 6.45) is 0. The second kappa shape index (κ2) is 7.06. The van der Waals surface area contributed by atoms with E-state index in [1.165, 1.54) is 6.07 Å². The number of hydrogen-bond acceptors (Lipinski definition) is 3. The number of amides is 1. The second-order valence-corrected chi connectivity index (χ2v) is 6.88. The lowest BCUT2D eigenvalue weighted by Gasteiger charge is -2.09. The molecule has 0 unspecified atom stereocenters. The van der Waals surface area contributed by atoms with Crippen LogP contribution in [0.15, 0.2) is 65.1 Å². The van der Waals surface area contributed by atoms with Gasteiger partial charge in [-0.2, -0.15) is 0 Å². The number of aryl methyl sites for hydroxylation is 1. The van der Waals surface area contributed by atoms with E-state index in [9.17, 15) is 4.79 Å². The Morgan fingerprint density at radius 3 is 2.59 bits per heavy atom. The number of aromatic nitrogens is 1. The number of nitrogens with zero attached hydrogens (tertiary/aromatic N) is 1. The highest BCUT2D eigenvalue weighted by molar-refractivity contribution is 6.42. The summed E-state index contributed by atoms with van der Waals surface area (Å²) in [5.74, 6) is 0.151. The van der Waals surface area contributed by atoms with Gasteiger partial charge in [0.25, 0.3) is 5.91 Å². The smallest absolute Gasteiger partial charge is 0.255 e. The van der Waals surface area contributed by atoms with Gasteiger partial charge in [0, 0.05) is 5.56 Å². The first-order valence-corrected chi connectivity index (χ1v) is 9.00. The van der Waals surface area contributed by atoms with Gasteiger partial charge in [-0.05, 0) is 48.9 Å². The van der Waals surface area contributed by atoms with Gasteiger partial charge in [0.1, 0.15) is 5.52 Å². The fraction of sp³-hybridized carbons (Fsp3) is 0.0476. The number of carbonyl (C=O) groups is 1. The Labute approximate surface area is 165 Å². The number of para-hydroxylation sites is 2. The number of rotatable bonds is 3. The molecule has 0 aliphatic heterocycles. The van der Waals surface area contributed by atoms with Crippen molar-refractivity contribution in [2.75, 3.05) is 5.32 Å². The van der Waals surface area contributed by atoms with Crippen molar-refractivity contribution < 1.29 is 9.21 Å². The minimum Gasteiger partial charge on any atom is -0.436 e. The highest BCUT2D eigenvalue weighted by Crippen LogP contribution is 2.31. The van der Waals surface area contributed by atoms with Crippen molar-refractivity contribution in [1.29, 1.82) is 0 Å². The number of anilines is 1. The largest absolute Gasteiger partial charge is 0.436 e. The predicted molar refractivity (Wildman–Crippen MR) is 109 cm³/mol. The van der Waals surface area contributed by atoms with Crippen LogP contribution in [0.5, 0.6) is 0 Å². The molecule has 0 bridgehead atoms. The molecule has 27 heavy (non-hydrogen) atoms. The fourth-order valence-electron chi connectivity index (χ4n) is 2.81. The topological polar surface area (TPSA) is 55.1 Å². The van der Waals surface area contributed by atoms with Crippen LogP contribution in [-0.4, -0.2) is 10.9 Å². The van der Waals surface area contributed by atoms with Gasteiger partial charge in [0.15, 0.2) is 5.58 Å². The van der Waals surface area contributed by atoms with Gasteiger partial charge >= 0.3 is 0 Å². The third-order valence-corrected chi connectivity index (χ3v) is 4.95. The number of halogens is 2. The zero-order valence-electron chi connectivity index (χ0n) is 14.3. The van der Waals surface area contributed by atoms with Crippen LogP contribution in [0.1, 0.15) is 15.9 Å². The molecule has 3 aromatic carbocycles. The Kier molecular flexibility index (Phi) is 4.60. The molecule has 4 rings (SSSR count). The average Bonchev–Trinajstić information content (AvgIpc) is 3.10. The molecule has 0 aliphatic rings. The first-order valence-electron chi connectivity index (χ1n) is 8.25. The second-order valence-electron chi connectivity index (χ2n) is 6.07. The molecular formula is C21H14Cl2N2O2. The van der Waals surface area contributed by atoms with Crippen LogP contribution in [0.2, 0.25) is 10.0 Å². The van der Waals surface area contributed by atoms with E-state index < -0.39 is 0 Å². The summed E-state index contributed by atoms with van der Waals surface area (Å²) in [5, 5.41) is 3.61. The van der Waals surface area contributed by atoms with Crippen molar-refractivity contribution in [2.24, 2.45) is 0 Å². The van der Waals surface area contributed by atoms with Crippen molar-refractivity contribution in [3.63, 3.8) is 0 Å². The number of hydrogen-bond donors (Lipinski definition) is 1. The molecule has 1 N–H and O–H groups in total. The molecule has 0 fully saturated rings. The molecule has 0 spiro atoms. The fourth-order valence-corrected chi connectivity index (χ4v) is 3.11. The summed E-state index contributed by atoms with van der Waals surface area (Å²) in [6.45, 7) is 1.98. The molecule has 134 valence electrons. The Bertz CT molecular complexity index is 1170. The Morgan fingerprint density at radius 2 is 1.81 bits per heavy atom. The van der Waals surface area contributed by atoms with Crippen LogP contribution in [0, 0.1) is 6.92 Å². The Hall–Kier alpha value is -2.82. The number of oxazole rings is 1. The minimum absolute atomic E-state index is 0.298. The quantitative estimate of drug-likeness (QED) is 0.438. The number of fused-ring (bicyclic) bond motifs is 1. The van der Waals surface area contributed by atoms with E-state index in [0.29, 0.717) is 38.3 Å². The predicted octanol–water partition coefficient (Wildman–Crippen LogP) is 6.36. The standard InChI is InChI=1S/C21H14Cl2N2O2/c1-12-5-4-8-18-19(12)25-21(27-18)14-6-2-3-7-17(14)24-20(26)13-9-10-15(22)16(23)11-13/h2-11H,1H3,(H,24,26). The molecule has 4 aromatic rings. The molecule has 1 amide bonds. The SMILES string of the molecule is Cc1cccc2oc(-c3ccccc3NC(=O)c3ccc(Cl)c(Cl)c3)nc12. The molecule has 1 aromatic heterocycles. The van der Waals surface area contributed by atoms with Crippen LogP contribution in [-0.2, 0) is 0 Å². The summed E-state index contributed by atoms with van der Waals surface area (Å²) in [7, 11) is 0. The van der Waals surface area contributed by atoms with Gasteiger partial charge in [0.05, 0.1) is 21.3 Å². The molecule has 4 nitrogen and oxygen atoms in total. The maximum Gasteiger partial charge on any atom is 0.255 e. The van der Waals surface area contributed by atoms with Crippen LogP contribution in [0.25, 0.3) is 22.6 Å². The summed E-state index contributed by atoms with van der Waals surface area (Å²) >= 11 is 11.9. The van der Waals surface area contributed by atoms with Gasteiger partial charge in [-0.25, -0.2) is 4.98 Å². The maximum absolute atomic E-state index is 12.6. The lowest BCUT2D eigenvalue weighted by Crippen LogP contribution is -2.12. The van der Waals surface area contributed by atoms with E-state index >= 15 is 0 Å². The van der Waals surface area contributed by atoms with E-state index in [4.69, 9.17) is 27.6 Å². The molecule has 0 saturated carbocycles. The highest BCUT2D eigenvalue weighted by atomic mass is 35.5. The zero-order valence-corrected chi connectivity index (χ0v) is 15.8. The van der Waals surface area contributed by atoms with Crippen LogP contribution in [0.4, 0.5) is 5.69 Å². The molecule has 6 heteroatoms. The van der Waals surface area contributed by atoms with Crippen LogP contribution in [0.3, 0.4) is 0 Å². The molecule has 1 heterocycles. The van der Waals surface area contributed by atoms with Crippen LogP contribution >= 0.6 is 23.2 Å². The third-order valence-electron chi connectivity index (χ3n) is 4.21. The third kappa shape index (κ3) is 3.42. The van der Waals surface area contributed by atoms with E-state index in [2.05, 4.69) is 10.3 Å². The van der Waals surface area contributed by atoms with Gasteiger partial charge in [-0.1, -0.05) is 47.5 Å². The molecule has 0 saturated heterocycles. The lowest BCUT2D eigenvalue weighted by molar-refractivity contribution is 0.102. The van der Waals surface area contributed by atoms with Gasteiger partial charge in [-0.3, -0.25) is 4.79 Å². The molecular weight excluding hydrogens is 383 g/mol. The van der Waals surface area contributed by atoms with E-state index in [-0.39, 0.29) is 5.91 Å². The molecule has 0 aliphatic carbocycles. The van der Waals surface area contributed by atoms with E-state index in [1.807, 2.05) is 43.3 Å². The van der Waals surface area contributed by atoms with Crippen molar-refractivity contribution in [2.45, 2.75) is 6.92 Å². The van der Waals surface area contributed by atoms with Crippen LogP contribution < -0.4 is 5.32 Å². The summed E-state index contributed by atoms with van der Waals surface area (Å²) in [4.78, 5) is 17.2. The number of nitrogens with one attached hydrogen (secondary N) is 1. The average molecular weight is 397 g/mol. The first-order chi connectivity index (χ1) is 13.0. The highest BCUT2D eigenvalue weighted by Gasteiger charge is 2.16. The van der Waals surface area contributed by atoms with Crippen molar-refractivity contribution in [1.82, 2.24) is 4.98 Å². The Balaban J connectivity index is 1.71. The maximum atomic E-state index is 12.6. The van der Waals surface area contributed by atoms with Gasteiger partial charge < -0.3 is 9.73 Å². The number of carbonyl (C=O) groups excluding carboxylic acids is 1. The van der Waals surface area contributed by atoms with Gasteiger partial charge in [0.2, 0.25) is 5.89 Å². The molecule has 0 atom stereocenters. The molecule has 0 radical (unpaired) electrons. The van der Waals surface area contributed by atoms with Crippen molar-refractivity contribution in [3.05, 3.63) is 81.8 Å². The monoisotopic (exact) mass is 396 g/mol. The lowest BCUT2D eigenvalue weighted by atomic mass is 10.1. The van der Waals surface area contributed by atoms with E-state index in [0.717, 1.165) is 11.1 Å².